The molecule has 0 saturated carbocycles. The maximum atomic E-state index is 12.3. The van der Waals surface area contributed by atoms with Crippen LogP contribution in [0.25, 0.3) is 0 Å². The molecule has 8 nitrogen and oxygen atoms in total. The Morgan fingerprint density at radius 1 is 1.26 bits per heavy atom. The maximum Gasteiger partial charge on any atom is 0.425 e. The summed E-state index contributed by atoms with van der Waals surface area (Å²) >= 11 is 0. The third-order valence-corrected chi connectivity index (χ3v) is 3.49. The molecule has 1 fully saturated rings. The topological polar surface area (TPSA) is 102 Å². The molecule has 1 unspecified atom stereocenters. The summed E-state index contributed by atoms with van der Waals surface area (Å²) in [6.07, 6.45) is -1.95. The Bertz CT molecular complexity index is 424. The predicted octanol–water partition coefficient (Wildman–Crippen LogP) is 0.0906. The fourth-order valence-electron chi connectivity index (χ4n) is 2.09. The van der Waals surface area contributed by atoms with E-state index in [1.807, 2.05) is 13.8 Å². The van der Waals surface area contributed by atoms with Gasteiger partial charge in [-0.15, -0.1) is 0 Å². The Kier molecular flexibility index (Phi) is 6.79. The van der Waals surface area contributed by atoms with Crippen molar-refractivity contribution in [2.75, 3.05) is 19.6 Å². The predicted molar refractivity (Wildman–Crippen MR) is 84.4 cm³/mol. The quantitative estimate of drug-likeness (QED) is 0.675. The van der Waals surface area contributed by atoms with E-state index in [0.29, 0.717) is 0 Å². The third-order valence-electron chi connectivity index (χ3n) is 3.49. The van der Waals surface area contributed by atoms with Crippen molar-refractivity contribution in [2.24, 2.45) is 0 Å². The molecule has 0 radical (unpaired) electrons. The van der Waals surface area contributed by atoms with E-state index in [9.17, 15) is 19.8 Å². The first-order valence-electron chi connectivity index (χ1n) is 7.94. The van der Waals surface area contributed by atoms with Crippen molar-refractivity contribution in [3.63, 3.8) is 0 Å². The molecule has 0 spiro atoms. The van der Waals surface area contributed by atoms with Crippen molar-refractivity contribution >= 4 is 12.0 Å². The highest BCUT2D eigenvalue weighted by atomic mass is 16.6. The molecule has 1 heterocycles. The number of hydrazine groups is 1. The number of aliphatic hydroxyl groups excluding tert-OH is 2. The molecule has 1 saturated heterocycles. The van der Waals surface area contributed by atoms with Crippen molar-refractivity contribution in [3.8, 4) is 0 Å². The number of aliphatic hydroxyl groups is 2. The Morgan fingerprint density at radius 2 is 1.83 bits per heavy atom. The number of amides is 2. The van der Waals surface area contributed by atoms with Gasteiger partial charge in [0.25, 0.3) is 0 Å². The minimum Gasteiger partial charge on any atom is -0.443 e. The summed E-state index contributed by atoms with van der Waals surface area (Å²) in [6.45, 7) is 8.83. The summed E-state index contributed by atoms with van der Waals surface area (Å²) in [7, 11) is 0. The van der Waals surface area contributed by atoms with Crippen molar-refractivity contribution < 1.29 is 24.5 Å². The number of rotatable bonds is 4. The Labute approximate surface area is 137 Å². The second-order valence-corrected chi connectivity index (χ2v) is 6.92. The number of nitrogens with one attached hydrogen (secondary N) is 1. The zero-order valence-electron chi connectivity index (χ0n) is 14.6. The van der Waals surface area contributed by atoms with Crippen LogP contribution < -0.4 is 5.32 Å². The van der Waals surface area contributed by atoms with Crippen LogP contribution in [0.5, 0.6) is 0 Å². The van der Waals surface area contributed by atoms with E-state index in [0.717, 1.165) is 6.42 Å². The average Bonchev–Trinajstić information content (AvgIpc) is 2.40. The molecular formula is C15H29N3O5. The van der Waals surface area contributed by atoms with Crippen molar-refractivity contribution in [3.05, 3.63) is 0 Å². The molecule has 8 heteroatoms. The van der Waals surface area contributed by atoms with Gasteiger partial charge in [0.15, 0.2) is 0 Å². The lowest BCUT2D eigenvalue weighted by atomic mass is 10.1. The van der Waals surface area contributed by atoms with Crippen LogP contribution in [-0.4, -0.2) is 75.7 Å². The van der Waals surface area contributed by atoms with Crippen LogP contribution in [-0.2, 0) is 9.53 Å². The number of carbonyl (C=O) groups excluding carboxylic acids is 2. The summed E-state index contributed by atoms with van der Waals surface area (Å²) in [4.78, 5) is 24.3. The van der Waals surface area contributed by atoms with Crippen LogP contribution in [0.2, 0.25) is 0 Å². The van der Waals surface area contributed by atoms with Gasteiger partial charge in [0.05, 0.1) is 19.2 Å². The van der Waals surface area contributed by atoms with Gasteiger partial charge in [-0.3, -0.25) is 4.79 Å². The number of β-amino-alcohol motifs (C(OH)–C–C–N with tert-alkyl or cyclic N) is 2. The molecule has 1 rings (SSSR count). The third kappa shape index (κ3) is 6.32. The van der Waals surface area contributed by atoms with Crippen molar-refractivity contribution in [1.29, 1.82) is 0 Å². The smallest absolute Gasteiger partial charge is 0.425 e. The van der Waals surface area contributed by atoms with Gasteiger partial charge in [-0.05, 0) is 34.1 Å². The van der Waals surface area contributed by atoms with E-state index in [1.54, 1.807) is 20.8 Å². The molecule has 1 aliphatic heterocycles. The SMILES string of the molecule is CCC(C)NC(=O)CN1C[C@@H](O)[C@@H](O)CN1C(=O)OC(C)(C)C. The van der Waals surface area contributed by atoms with E-state index in [1.165, 1.54) is 10.0 Å². The van der Waals surface area contributed by atoms with E-state index in [-0.39, 0.29) is 31.6 Å². The van der Waals surface area contributed by atoms with Gasteiger partial charge in [-0.1, -0.05) is 6.92 Å². The summed E-state index contributed by atoms with van der Waals surface area (Å²) in [5.41, 5.74) is -0.692. The minimum absolute atomic E-state index is 0.0195. The highest BCUT2D eigenvalue weighted by Gasteiger charge is 2.37. The average molecular weight is 331 g/mol. The molecule has 134 valence electrons. The molecule has 23 heavy (non-hydrogen) atoms. The van der Waals surface area contributed by atoms with Gasteiger partial charge < -0.3 is 20.3 Å². The molecule has 2 amide bonds. The molecule has 1 aliphatic rings. The Balaban J connectivity index is 2.78. The summed E-state index contributed by atoms with van der Waals surface area (Å²) in [5, 5.41) is 25.0. The van der Waals surface area contributed by atoms with Gasteiger partial charge in [-0.25, -0.2) is 14.8 Å². The maximum absolute atomic E-state index is 12.3. The van der Waals surface area contributed by atoms with Gasteiger partial charge in [-0.2, -0.15) is 0 Å². The fourth-order valence-corrected chi connectivity index (χ4v) is 2.09. The lowest BCUT2D eigenvalue weighted by Gasteiger charge is -2.42. The number of ether oxygens (including phenoxy) is 1. The molecule has 3 atom stereocenters. The monoisotopic (exact) mass is 331 g/mol. The van der Waals surface area contributed by atoms with Crippen molar-refractivity contribution in [1.82, 2.24) is 15.3 Å². The number of carbonyl (C=O) groups is 2. The van der Waals surface area contributed by atoms with E-state index < -0.39 is 23.9 Å². The molecule has 0 aromatic rings. The van der Waals surface area contributed by atoms with E-state index in [2.05, 4.69) is 5.32 Å². The summed E-state index contributed by atoms with van der Waals surface area (Å²) in [6, 6.07) is 0.0257. The van der Waals surface area contributed by atoms with Gasteiger partial charge in [0.1, 0.15) is 11.7 Å². The Hall–Kier alpha value is -1.38. The summed E-state index contributed by atoms with van der Waals surface area (Å²) in [5.74, 6) is -0.253. The largest absolute Gasteiger partial charge is 0.443 e. The van der Waals surface area contributed by atoms with E-state index >= 15 is 0 Å². The van der Waals surface area contributed by atoms with Gasteiger partial charge in [0.2, 0.25) is 5.91 Å². The second kappa shape index (κ2) is 7.94. The lowest BCUT2D eigenvalue weighted by Crippen LogP contribution is -2.62. The van der Waals surface area contributed by atoms with Crippen LogP contribution in [0.3, 0.4) is 0 Å². The fraction of sp³-hybridized carbons (Fsp3) is 0.867. The number of hydrogen-bond donors (Lipinski definition) is 3. The van der Waals surface area contributed by atoms with Crippen LogP contribution in [0.15, 0.2) is 0 Å². The molecule has 0 aromatic carbocycles. The first-order chi connectivity index (χ1) is 10.5. The lowest BCUT2D eigenvalue weighted by molar-refractivity contribution is -0.151. The van der Waals surface area contributed by atoms with Gasteiger partial charge in [0, 0.05) is 12.6 Å². The molecule has 0 bridgehead atoms. The highest BCUT2D eigenvalue weighted by molar-refractivity contribution is 5.78. The number of hydrogen-bond acceptors (Lipinski definition) is 6. The molecule has 0 aliphatic carbocycles. The van der Waals surface area contributed by atoms with Crippen LogP contribution in [0, 0.1) is 0 Å². The molecule has 3 N–H and O–H groups in total. The van der Waals surface area contributed by atoms with Gasteiger partial charge >= 0.3 is 6.09 Å². The Morgan fingerprint density at radius 3 is 2.35 bits per heavy atom. The second-order valence-electron chi connectivity index (χ2n) is 6.92. The molecular weight excluding hydrogens is 302 g/mol. The summed E-state index contributed by atoms with van der Waals surface area (Å²) < 4.78 is 5.30. The van der Waals surface area contributed by atoms with Crippen LogP contribution in [0.1, 0.15) is 41.0 Å². The molecule has 0 aromatic heterocycles. The normalized spacial score (nSPS) is 24.2. The van der Waals surface area contributed by atoms with E-state index in [4.69, 9.17) is 4.74 Å². The minimum atomic E-state index is -1.07. The first-order valence-corrected chi connectivity index (χ1v) is 7.94. The standard InChI is InChI=1S/C15H29N3O5/c1-6-10(2)16-13(21)9-17-7-11(19)12(20)8-18(17)14(22)23-15(3,4)5/h10-12,19-20H,6-9H2,1-5H3,(H,16,21)/t10?,11-,12+/m1/s1. The first kappa shape index (κ1) is 19.7. The van der Waals surface area contributed by atoms with Crippen molar-refractivity contribution in [2.45, 2.75) is 64.9 Å². The highest BCUT2D eigenvalue weighted by Crippen LogP contribution is 2.17. The van der Waals surface area contributed by atoms with Crippen LogP contribution in [0.4, 0.5) is 4.79 Å². The zero-order valence-corrected chi connectivity index (χ0v) is 14.6. The zero-order chi connectivity index (χ0) is 17.8. The van der Waals surface area contributed by atoms with Crippen LogP contribution >= 0.6 is 0 Å². The number of nitrogens with zero attached hydrogens (tertiary/aromatic N) is 2.